The summed E-state index contributed by atoms with van der Waals surface area (Å²) in [4.78, 5) is 14.8. The van der Waals surface area contributed by atoms with Crippen molar-refractivity contribution in [3.8, 4) is 0 Å². The van der Waals surface area contributed by atoms with Gasteiger partial charge in [-0.25, -0.2) is 21.6 Å². The molecule has 1 spiro atoms. The zero-order chi connectivity index (χ0) is 22.7. The van der Waals surface area contributed by atoms with Crippen LogP contribution in [0.3, 0.4) is 0 Å². The molecule has 3 saturated heterocycles. The summed E-state index contributed by atoms with van der Waals surface area (Å²) in [6.45, 7) is 0.0921. The highest BCUT2D eigenvalue weighted by molar-refractivity contribution is 7.89. The molecule has 0 bridgehead atoms. The van der Waals surface area contributed by atoms with Crippen LogP contribution < -0.4 is 0 Å². The normalized spacial score (nSPS) is 25.5. The summed E-state index contributed by atoms with van der Waals surface area (Å²) >= 11 is 0. The van der Waals surface area contributed by atoms with Crippen LogP contribution in [0.15, 0.2) is 47.4 Å². The summed E-state index contributed by atoms with van der Waals surface area (Å²) < 4.78 is 74.1. The van der Waals surface area contributed by atoms with Crippen molar-refractivity contribution >= 4 is 15.9 Å². The van der Waals surface area contributed by atoms with Gasteiger partial charge in [0.1, 0.15) is 23.7 Å². The van der Waals surface area contributed by atoms with Crippen molar-refractivity contribution in [3.63, 3.8) is 0 Å². The quantitative estimate of drug-likeness (QED) is 0.696. The molecule has 170 valence electrons. The molecule has 2 aromatic carbocycles. The summed E-state index contributed by atoms with van der Waals surface area (Å²) in [6, 6.07) is 7.55. The predicted octanol–water partition coefficient (Wildman–Crippen LogP) is 3.35. The van der Waals surface area contributed by atoms with E-state index in [1.807, 2.05) is 0 Å². The summed E-state index contributed by atoms with van der Waals surface area (Å²) in [5.41, 5.74) is -0.784. The van der Waals surface area contributed by atoms with E-state index in [0.29, 0.717) is 18.4 Å². The van der Waals surface area contributed by atoms with Crippen LogP contribution in [0, 0.1) is 17.5 Å². The van der Waals surface area contributed by atoms with Gasteiger partial charge in [0.25, 0.3) is 5.91 Å². The zero-order valence-electron chi connectivity index (χ0n) is 17.0. The minimum Gasteiger partial charge on any atom is -0.342 e. The molecule has 0 unspecified atom stereocenters. The van der Waals surface area contributed by atoms with Crippen LogP contribution in [-0.4, -0.2) is 48.4 Å². The van der Waals surface area contributed by atoms with Gasteiger partial charge in [0.05, 0.1) is 10.9 Å². The second-order valence-corrected chi connectivity index (χ2v) is 10.4. The van der Waals surface area contributed by atoms with Crippen molar-refractivity contribution in [3.05, 3.63) is 65.5 Å². The first-order valence-corrected chi connectivity index (χ1v) is 11.9. The minimum absolute atomic E-state index is 0.0460. The Balaban J connectivity index is 1.34. The lowest BCUT2D eigenvalue weighted by atomic mass is 9.90. The third-order valence-corrected chi connectivity index (χ3v) is 8.45. The largest absolute Gasteiger partial charge is 0.342 e. The van der Waals surface area contributed by atoms with Gasteiger partial charge in [-0.1, -0.05) is 6.07 Å². The number of ether oxygens (including phenoxy) is 1. The Hall–Kier alpha value is -2.43. The van der Waals surface area contributed by atoms with Crippen molar-refractivity contribution in [2.24, 2.45) is 0 Å². The molecule has 0 aliphatic carbocycles. The number of amides is 1. The molecule has 0 aromatic heterocycles. The van der Waals surface area contributed by atoms with Gasteiger partial charge in [0.2, 0.25) is 10.0 Å². The molecule has 5 rings (SSSR count). The number of sulfonamides is 1. The number of carbonyl (C=O) groups excluding carboxylic acids is 1. The van der Waals surface area contributed by atoms with Crippen LogP contribution in [0.25, 0.3) is 0 Å². The van der Waals surface area contributed by atoms with Crippen molar-refractivity contribution in [2.45, 2.75) is 48.4 Å². The molecule has 1 amide bonds. The smallest absolute Gasteiger partial charge is 0.257 e. The van der Waals surface area contributed by atoms with Gasteiger partial charge in [0, 0.05) is 19.2 Å². The third-order valence-electron chi connectivity index (χ3n) is 6.55. The van der Waals surface area contributed by atoms with Crippen molar-refractivity contribution in [1.82, 2.24) is 9.21 Å². The summed E-state index contributed by atoms with van der Waals surface area (Å²) in [5, 5.41) is 0. The van der Waals surface area contributed by atoms with Crippen LogP contribution >= 0.6 is 0 Å². The Labute approximate surface area is 183 Å². The molecule has 3 fully saturated rings. The standard InChI is InChI=1S/C22H21F3N2O4S/c23-15-2-1-3-18(13-15)32(29,30)26-8-6-22(7-9-26)21(28)27-19(4-5-20(27)31-22)14-10-16(24)12-17(25)11-14/h1-3,10-13,19-20H,4-9H2/t19-,20+/m0/s1. The van der Waals surface area contributed by atoms with Crippen LogP contribution in [0.4, 0.5) is 13.2 Å². The first kappa shape index (κ1) is 21.4. The van der Waals surface area contributed by atoms with E-state index in [2.05, 4.69) is 0 Å². The molecule has 10 heteroatoms. The van der Waals surface area contributed by atoms with Gasteiger partial charge in [-0.15, -0.1) is 0 Å². The third kappa shape index (κ3) is 3.41. The van der Waals surface area contributed by atoms with Gasteiger partial charge < -0.3 is 9.64 Å². The van der Waals surface area contributed by atoms with E-state index in [-0.39, 0.29) is 36.7 Å². The van der Waals surface area contributed by atoms with E-state index < -0.39 is 45.3 Å². The topological polar surface area (TPSA) is 66.9 Å². The maximum Gasteiger partial charge on any atom is 0.257 e. The lowest BCUT2D eigenvalue weighted by Crippen LogP contribution is -2.51. The van der Waals surface area contributed by atoms with Gasteiger partial charge >= 0.3 is 0 Å². The Bertz CT molecular complexity index is 1160. The number of fused-ring (bicyclic) bond motifs is 1. The molecule has 3 aliphatic rings. The molecule has 0 saturated carbocycles. The maximum atomic E-state index is 13.7. The highest BCUT2D eigenvalue weighted by Crippen LogP contribution is 2.48. The number of halogens is 3. The Kier molecular flexibility index (Phi) is 5.06. The fourth-order valence-corrected chi connectivity index (χ4v) is 6.48. The van der Waals surface area contributed by atoms with Crippen molar-refractivity contribution < 1.29 is 31.1 Å². The number of rotatable bonds is 3. The molecule has 6 nitrogen and oxygen atoms in total. The second kappa shape index (κ2) is 7.57. The van der Waals surface area contributed by atoms with Crippen LogP contribution in [0.2, 0.25) is 0 Å². The van der Waals surface area contributed by atoms with Crippen LogP contribution in [0.5, 0.6) is 0 Å². The number of carbonyl (C=O) groups is 1. The number of hydrogen-bond acceptors (Lipinski definition) is 4. The van der Waals surface area contributed by atoms with E-state index in [1.165, 1.54) is 34.6 Å². The number of nitrogens with zero attached hydrogens (tertiary/aromatic N) is 2. The number of piperidine rings is 1. The van der Waals surface area contributed by atoms with Gasteiger partial charge in [-0.05, 0) is 61.6 Å². The molecular weight excluding hydrogens is 445 g/mol. The van der Waals surface area contributed by atoms with E-state index in [1.54, 1.807) is 4.90 Å². The lowest BCUT2D eigenvalue weighted by Gasteiger charge is -2.36. The minimum atomic E-state index is -3.90. The summed E-state index contributed by atoms with van der Waals surface area (Å²) in [5.74, 6) is -2.34. The number of hydrogen-bond donors (Lipinski definition) is 0. The van der Waals surface area contributed by atoms with E-state index >= 15 is 0 Å². The van der Waals surface area contributed by atoms with Crippen LogP contribution in [0.1, 0.15) is 37.3 Å². The molecule has 0 N–H and O–H groups in total. The fourth-order valence-electron chi connectivity index (χ4n) is 5.00. The highest BCUT2D eigenvalue weighted by atomic mass is 32.2. The average Bonchev–Trinajstić information content (AvgIpc) is 3.26. The van der Waals surface area contributed by atoms with Gasteiger partial charge in [0.15, 0.2) is 5.60 Å². The van der Waals surface area contributed by atoms with E-state index in [4.69, 9.17) is 4.74 Å². The lowest BCUT2D eigenvalue weighted by molar-refractivity contribution is -0.142. The second-order valence-electron chi connectivity index (χ2n) is 8.44. The first-order valence-electron chi connectivity index (χ1n) is 10.4. The molecule has 2 atom stereocenters. The Morgan fingerprint density at radius 1 is 0.938 bits per heavy atom. The molecule has 3 aliphatic heterocycles. The van der Waals surface area contributed by atoms with Gasteiger partial charge in [-0.2, -0.15) is 4.31 Å². The molecule has 32 heavy (non-hydrogen) atoms. The van der Waals surface area contributed by atoms with Crippen molar-refractivity contribution in [2.75, 3.05) is 13.1 Å². The summed E-state index contributed by atoms with van der Waals surface area (Å²) in [7, 11) is -3.90. The maximum absolute atomic E-state index is 13.7. The van der Waals surface area contributed by atoms with E-state index in [9.17, 15) is 26.4 Å². The number of benzene rings is 2. The molecule has 0 radical (unpaired) electrons. The Morgan fingerprint density at radius 2 is 1.62 bits per heavy atom. The molecular formula is C22H21F3N2O4S. The fraction of sp³-hybridized carbons (Fsp3) is 0.409. The zero-order valence-corrected chi connectivity index (χ0v) is 17.8. The average molecular weight is 466 g/mol. The van der Waals surface area contributed by atoms with Crippen molar-refractivity contribution in [1.29, 1.82) is 0 Å². The molecule has 3 heterocycles. The van der Waals surface area contributed by atoms with Gasteiger partial charge in [-0.3, -0.25) is 4.79 Å². The monoisotopic (exact) mass is 466 g/mol. The highest BCUT2D eigenvalue weighted by Gasteiger charge is 2.58. The summed E-state index contributed by atoms with van der Waals surface area (Å²) in [6.07, 6.45) is 0.844. The SMILES string of the molecule is O=C1N2[C@@H](CC[C@H]2c2cc(F)cc(F)c2)OC12CCN(S(=O)(=O)c1cccc(F)c1)CC2. The van der Waals surface area contributed by atoms with Crippen LogP contribution in [-0.2, 0) is 19.6 Å². The Morgan fingerprint density at radius 3 is 2.28 bits per heavy atom. The predicted molar refractivity (Wildman–Crippen MR) is 107 cm³/mol. The molecule has 2 aromatic rings. The van der Waals surface area contributed by atoms with E-state index in [0.717, 1.165) is 12.1 Å². The first-order chi connectivity index (χ1) is 15.2.